The summed E-state index contributed by atoms with van der Waals surface area (Å²) in [4.78, 5) is 34.6. The van der Waals surface area contributed by atoms with Crippen LogP contribution in [0.5, 0.6) is 0 Å². The fourth-order valence-electron chi connectivity index (χ4n) is 1.64. The van der Waals surface area contributed by atoms with Crippen LogP contribution in [0.15, 0.2) is 27.6 Å². The SMILES string of the molecule is CCCc1cc(=O)[nH]c(SC(C)C(=O)Nc2nccs2)n1. The molecule has 6 nitrogen and oxygen atoms in total. The predicted octanol–water partition coefficient (Wildman–Crippen LogP) is 2.30. The van der Waals surface area contributed by atoms with Gasteiger partial charge in [0.25, 0.3) is 5.56 Å². The molecule has 0 bridgehead atoms. The van der Waals surface area contributed by atoms with E-state index in [1.54, 1.807) is 18.5 Å². The van der Waals surface area contributed by atoms with Crippen LogP contribution in [0.3, 0.4) is 0 Å². The molecule has 2 aromatic rings. The highest BCUT2D eigenvalue weighted by Crippen LogP contribution is 2.20. The molecule has 2 N–H and O–H groups in total. The molecule has 0 aliphatic rings. The normalized spacial score (nSPS) is 12.1. The van der Waals surface area contributed by atoms with Gasteiger partial charge in [-0.05, 0) is 13.3 Å². The summed E-state index contributed by atoms with van der Waals surface area (Å²) in [5, 5.41) is 5.16. The maximum absolute atomic E-state index is 12.0. The monoisotopic (exact) mass is 324 g/mol. The molecule has 8 heteroatoms. The maximum atomic E-state index is 12.0. The van der Waals surface area contributed by atoms with Crippen LogP contribution in [-0.2, 0) is 11.2 Å². The Morgan fingerprint density at radius 2 is 2.38 bits per heavy atom. The Balaban J connectivity index is 2.03. The molecule has 0 aromatic carbocycles. The van der Waals surface area contributed by atoms with E-state index < -0.39 is 0 Å². The molecule has 2 rings (SSSR count). The lowest BCUT2D eigenvalue weighted by Gasteiger charge is -2.10. The van der Waals surface area contributed by atoms with Crippen LogP contribution in [0.4, 0.5) is 5.13 Å². The van der Waals surface area contributed by atoms with Gasteiger partial charge in [0, 0.05) is 23.3 Å². The Kier molecular flexibility index (Phi) is 5.51. The topological polar surface area (TPSA) is 87.7 Å². The van der Waals surface area contributed by atoms with Gasteiger partial charge in [0.2, 0.25) is 5.91 Å². The number of carbonyl (C=O) groups excluding carboxylic acids is 1. The van der Waals surface area contributed by atoms with Crippen LogP contribution in [0.1, 0.15) is 26.0 Å². The molecule has 0 spiro atoms. The number of rotatable bonds is 6. The van der Waals surface area contributed by atoms with E-state index in [0.717, 1.165) is 18.5 Å². The third-order valence-corrected chi connectivity index (χ3v) is 4.27. The van der Waals surface area contributed by atoms with Crippen molar-refractivity contribution in [3.05, 3.63) is 33.7 Å². The Hall–Kier alpha value is -1.67. The van der Waals surface area contributed by atoms with Crippen LogP contribution in [0.2, 0.25) is 0 Å². The summed E-state index contributed by atoms with van der Waals surface area (Å²) in [6.07, 6.45) is 3.29. The molecule has 0 aliphatic carbocycles. The first kappa shape index (κ1) is 15.7. The highest BCUT2D eigenvalue weighted by atomic mass is 32.2. The predicted molar refractivity (Wildman–Crippen MR) is 84.9 cm³/mol. The van der Waals surface area contributed by atoms with Crippen LogP contribution in [0, 0.1) is 0 Å². The van der Waals surface area contributed by atoms with Gasteiger partial charge in [-0.1, -0.05) is 25.1 Å². The molecule has 0 fully saturated rings. The average molecular weight is 324 g/mol. The number of nitrogens with zero attached hydrogens (tertiary/aromatic N) is 2. The lowest BCUT2D eigenvalue weighted by atomic mass is 10.2. The van der Waals surface area contributed by atoms with Gasteiger partial charge in [-0.2, -0.15) is 0 Å². The molecule has 1 unspecified atom stereocenters. The smallest absolute Gasteiger partial charge is 0.251 e. The third-order valence-electron chi connectivity index (χ3n) is 2.60. The second-order valence-electron chi connectivity index (χ2n) is 4.38. The summed E-state index contributed by atoms with van der Waals surface area (Å²) in [5.74, 6) is -0.168. The number of carbonyl (C=O) groups is 1. The Morgan fingerprint density at radius 1 is 1.57 bits per heavy atom. The van der Waals surface area contributed by atoms with E-state index in [-0.39, 0.29) is 16.7 Å². The minimum atomic E-state index is -0.381. The number of anilines is 1. The zero-order valence-electron chi connectivity index (χ0n) is 11.8. The quantitative estimate of drug-likeness (QED) is 0.629. The number of nitrogens with one attached hydrogen (secondary N) is 2. The number of H-pyrrole nitrogens is 1. The molecule has 1 atom stereocenters. The fraction of sp³-hybridized carbons (Fsp3) is 0.385. The fourth-order valence-corrected chi connectivity index (χ4v) is 3.00. The highest BCUT2D eigenvalue weighted by molar-refractivity contribution is 8.00. The molecule has 112 valence electrons. The van der Waals surface area contributed by atoms with Gasteiger partial charge in [0.15, 0.2) is 10.3 Å². The molecular formula is C13H16N4O2S2. The van der Waals surface area contributed by atoms with E-state index in [1.807, 2.05) is 6.92 Å². The minimum absolute atomic E-state index is 0.168. The summed E-state index contributed by atoms with van der Waals surface area (Å²) in [6, 6.07) is 1.49. The van der Waals surface area contributed by atoms with Gasteiger partial charge in [-0.15, -0.1) is 11.3 Å². The van der Waals surface area contributed by atoms with Gasteiger partial charge in [-0.3, -0.25) is 9.59 Å². The summed E-state index contributed by atoms with van der Waals surface area (Å²) >= 11 is 2.59. The van der Waals surface area contributed by atoms with Crippen molar-refractivity contribution in [2.45, 2.75) is 37.1 Å². The van der Waals surface area contributed by atoms with Crippen LogP contribution < -0.4 is 10.9 Å². The molecule has 21 heavy (non-hydrogen) atoms. The number of aromatic nitrogens is 3. The van der Waals surface area contributed by atoms with Crippen molar-refractivity contribution >= 4 is 34.1 Å². The molecule has 1 amide bonds. The average Bonchev–Trinajstić information content (AvgIpc) is 2.91. The molecule has 2 heterocycles. The Morgan fingerprint density at radius 3 is 3.05 bits per heavy atom. The summed E-state index contributed by atoms with van der Waals surface area (Å²) in [5.41, 5.74) is 0.555. The molecule has 0 saturated carbocycles. The van der Waals surface area contributed by atoms with Gasteiger partial charge in [0.1, 0.15) is 0 Å². The van der Waals surface area contributed by atoms with Crippen LogP contribution in [-0.4, -0.2) is 26.1 Å². The first-order valence-corrected chi connectivity index (χ1v) is 8.31. The van der Waals surface area contributed by atoms with E-state index >= 15 is 0 Å². The van der Waals surface area contributed by atoms with Crippen molar-refractivity contribution in [1.82, 2.24) is 15.0 Å². The summed E-state index contributed by atoms with van der Waals surface area (Å²) in [6.45, 7) is 3.79. The number of amides is 1. The van der Waals surface area contributed by atoms with E-state index in [0.29, 0.717) is 10.3 Å². The number of hydrogen-bond acceptors (Lipinski definition) is 6. The van der Waals surface area contributed by atoms with Crippen LogP contribution >= 0.6 is 23.1 Å². The zero-order chi connectivity index (χ0) is 15.2. The van der Waals surface area contributed by atoms with E-state index in [4.69, 9.17) is 0 Å². The highest BCUT2D eigenvalue weighted by Gasteiger charge is 2.17. The summed E-state index contributed by atoms with van der Waals surface area (Å²) in [7, 11) is 0. The number of thiazole rings is 1. The molecule has 0 radical (unpaired) electrons. The van der Waals surface area contributed by atoms with Crippen LogP contribution in [0.25, 0.3) is 0 Å². The number of hydrogen-bond donors (Lipinski definition) is 2. The van der Waals surface area contributed by atoms with Gasteiger partial charge in [0.05, 0.1) is 5.25 Å². The lowest BCUT2D eigenvalue weighted by Crippen LogP contribution is -2.23. The van der Waals surface area contributed by atoms with Gasteiger partial charge >= 0.3 is 0 Å². The number of thioether (sulfide) groups is 1. The Labute approximate surface area is 130 Å². The Bertz CT molecular complexity index is 654. The zero-order valence-corrected chi connectivity index (χ0v) is 13.4. The van der Waals surface area contributed by atoms with Crippen molar-refractivity contribution in [2.75, 3.05) is 5.32 Å². The van der Waals surface area contributed by atoms with Crippen molar-refractivity contribution in [3.63, 3.8) is 0 Å². The third kappa shape index (κ3) is 4.68. The first-order valence-electron chi connectivity index (χ1n) is 6.55. The van der Waals surface area contributed by atoms with Crippen molar-refractivity contribution in [2.24, 2.45) is 0 Å². The second kappa shape index (κ2) is 7.37. The van der Waals surface area contributed by atoms with Crippen molar-refractivity contribution < 1.29 is 4.79 Å². The van der Waals surface area contributed by atoms with Gasteiger partial charge in [-0.25, -0.2) is 9.97 Å². The molecular weight excluding hydrogens is 308 g/mol. The van der Waals surface area contributed by atoms with E-state index in [1.165, 1.54) is 29.2 Å². The number of aryl methyl sites for hydroxylation is 1. The molecule has 2 aromatic heterocycles. The second-order valence-corrected chi connectivity index (χ2v) is 6.60. The lowest BCUT2D eigenvalue weighted by molar-refractivity contribution is -0.115. The minimum Gasteiger partial charge on any atom is -0.301 e. The largest absolute Gasteiger partial charge is 0.301 e. The first-order chi connectivity index (χ1) is 10.1. The van der Waals surface area contributed by atoms with Crippen molar-refractivity contribution in [1.29, 1.82) is 0 Å². The van der Waals surface area contributed by atoms with E-state index in [9.17, 15) is 9.59 Å². The van der Waals surface area contributed by atoms with Gasteiger partial charge < -0.3 is 10.3 Å². The maximum Gasteiger partial charge on any atom is 0.251 e. The molecule has 0 aliphatic heterocycles. The van der Waals surface area contributed by atoms with E-state index in [2.05, 4.69) is 20.3 Å². The standard InChI is InChI=1S/C13H16N4O2S2/c1-3-4-9-7-10(18)16-13(15-9)21-8(2)11(19)17-12-14-5-6-20-12/h5-8H,3-4H2,1-2H3,(H,14,17,19)(H,15,16,18). The molecule has 0 saturated heterocycles. The summed E-state index contributed by atoms with van der Waals surface area (Å²) < 4.78 is 0. The van der Waals surface area contributed by atoms with Crippen molar-refractivity contribution in [3.8, 4) is 0 Å². The number of aromatic amines is 1.